The summed E-state index contributed by atoms with van der Waals surface area (Å²) in [7, 11) is 0. The van der Waals surface area contributed by atoms with E-state index >= 15 is 0 Å². The van der Waals surface area contributed by atoms with E-state index in [4.69, 9.17) is 21.1 Å². The number of pyridine rings is 1. The van der Waals surface area contributed by atoms with Crippen LogP contribution in [0.5, 0.6) is 11.5 Å². The van der Waals surface area contributed by atoms with Crippen LogP contribution >= 0.6 is 11.6 Å². The number of aromatic nitrogens is 2. The van der Waals surface area contributed by atoms with E-state index < -0.39 is 0 Å². The van der Waals surface area contributed by atoms with Gasteiger partial charge >= 0.3 is 0 Å². The molecular weight excluding hydrogens is 330 g/mol. The summed E-state index contributed by atoms with van der Waals surface area (Å²) in [5, 5.41) is 3.34. The second kappa shape index (κ2) is 6.05. The fraction of sp³-hybridized carbons (Fsp3) is 0.176. The Morgan fingerprint density at radius 2 is 2.17 bits per heavy atom. The number of nitrogens with zero attached hydrogens (tertiary/aromatic N) is 2. The van der Waals surface area contributed by atoms with Crippen molar-refractivity contribution in [2.24, 2.45) is 0 Å². The standard InChI is InChI=1S/C17H14ClN3O3/c18-12-8-11(9-13-17(12)24-7-6-23-13)10-16(22)20-15-3-1-2-14-19-4-5-21(14)15/h1-5,8-9H,6-7,10H2,(H,20,22). The lowest BCUT2D eigenvalue weighted by molar-refractivity contribution is -0.115. The Morgan fingerprint density at radius 1 is 1.29 bits per heavy atom. The number of imidazole rings is 1. The van der Waals surface area contributed by atoms with Crippen LogP contribution in [0, 0.1) is 0 Å². The van der Waals surface area contributed by atoms with Gasteiger partial charge in [-0.15, -0.1) is 0 Å². The molecule has 1 aliphatic rings. The van der Waals surface area contributed by atoms with Gasteiger partial charge in [-0.3, -0.25) is 9.20 Å². The topological polar surface area (TPSA) is 64.9 Å². The monoisotopic (exact) mass is 343 g/mol. The second-order valence-corrected chi connectivity index (χ2v) is 5.80. The average molecular weight is 344 g/mol. The number of carbonyl (C=O) groups excluding carboxylic acids is 1. The highest BCUT2D eigenvalue weighted by molar-refractivity contribution is 6.32. The molecule has 0 radical (unpaired) electrons. The number of nitrogens with one attached hydrogen (secondary N) is 1. The van der Waals surface area contributed by atoms with Gasteiger partial charge in [0.05, 0.1) is 11.4 Å². The minimum atomic E-state index is -0.149. The quantitative estimate of drug-likeness (QED) is 0.794. The molecule has 7 heteroatoms. The van der Waals surface area contributed by atoms with Crippen LogP contribution in [0.15, 0.2) is 42.7 Å². The number of fused-ring (bicyclic) bond motifs is 2. The van der Waals surface area contributed by atoms with Crippen molar-refractivity contribution >= 4 is 29.0 Å². The number of anilines is 1. The minimum Gasteiger partial charge on any atom is -0.486 e. The number of hydrogen-bond acceptors (Lipinski definition) is 4. The molecule has 122 valence electrons. The minimum absolute atomic E-state index is 0.149. The Morgan fingerprint density at radius 3 is 3.08 bits per heavy atom. The third-order valence-electron chi connectivity index (χ3n) is 3.72. The normalized spacial score (nSPS) is 13.0. The summed E-state index contributed by atoms with van der Waals surface area (Å²) < 4.78 is 12.8. The Hall–Kier alpha value is -2.73. The SMILES string of the molecule is O=C(Cc1cc(Cl)c2c(c1)OCCO2)Nc1cccc2nccn12. The van der Waals surface area contributed by atoms with Crippen molar-refractivity contribution in [1.82, 2.24) is 9.38 Å². The summed E-state index contributed by atoms with van der Waals surface area (Å²) in [6, 6.07) is 9.06. The summed E-state index contributed by atoms with van der Waals surface area (Å²) in [6.45, 7) is 0.947. The Labute approximate surface area is 143 Å². The van der Waals surface area contributed by atoms with Gasteiger partial charge in [0.2, 0.25) is 5.91 Å². The summed E-state index contributed by atoms with van der Waals surface area (Å²) in [4.78, 5) is 16.6. The van der Waals surface area contributed by atoms with Crippen molar-refractivity contribution < 1.29 is 14.3 Å². The van der Waals surface area contributed by atoms with Gasteiger partial charge in [-0.05, 0) is 29.8 Å². The van der Waals surface area contributed by atoms with Gasteiger partial charge in [0.1, 0.15) is 24.7 Å². The molecule has 0 atom stereocenters. The molecule has 24 heavy (non-hydrogen) atoms. The lowest BCUT2D eigenvalue weighted by Crippen LogP contribution is -2.18. The van der Waals surface area contributed by atoms with E-state index in [0.717, 1.165) is 11.2 Å². The van der Waals surface area contributed by atoms with E-state index in [0.29, 0.717) is 35.6 Å². The number of halogens is 1. The molecule has 1 N–H and O–H groups in total. The molecule has 1 amide bonds. The largest absolute Gasteiger partial charge is 0.486 e. The lowest BCUT2D eigenvalue weighted by atomic mass is 10.1. The molecule has 3 heterocycles. The van der Waals surface area contributed by atoms with Crippen LogP contribution in [0.3, 0.4) is 0 Å². The molecular formula is C17H14ClN3O3. The molecule has 0 spiro atoms. The first kappa shape index (κ1) is 14.8. The van der Waals surface area contributed by atoms with E-state index in [2.05, 4.69) is 10.3 Å². The Balaban J connectivity index is 1.54. The smallest absolute Gasteiger partial charge is 0.229 e. The number of hydrogen-bond donors (Lipinski definition) is 1. The summed E-state index contributed by atoms with van der Waals surface area (Å²) >= 11 is 6.21. The van der Waals surface area contributed by atoms with Crippen LogP contribution in [-0.4, -0.2) is 28.5 Å². The van der Waals surface area contributed by atoms with Gasteiger partial charge < -0.3 is 14.8 Å². The van der Waals surface area contributed by atoms with Crippen LogP contribution in [0.25, 0.3) is 5.65 Å². The van der Waals surface area contributed by atoms with Crippen LogP contribution in [0.2, 0.25) is 5.02 Å². The van der Waals surface area contributed by atoms with E-state index in [1.54, 1.807) is 24.5 Å². The highest BCUT2D eigenvalue weighted by Gasteiger charge is 2.18. The van der Waals surface area contributed by atoms with E-state index in [1.165, 1.54) is 0 Å². The van der Waals surface area contributed by atoms with Crippen molar-refractivity contribution in [3.05, 3.63) is 53.3 Å². The zero-order valence-corrected chi connectivity index (χ0v) is 13.4. The van der Waals surface area contributed by atoms with E-state index in [-0.39, 0.29) is 12.3 Å². The number of benzene rings is 1. The first-order valence-corrected chi connectivity index (χ1v) is 7.88. The van der Waals surface area contributed by atoms with Crippen LogP contribution < -0.4 is 14.8 Å². The molecule has 0 unspecified atom stereocenters. The zero-order chi connectivity index (χ0) is 16.5. The van der Waals surface area contributed by atoms with Crippen LogP contribution in [0.1, 0.15) is 5.56 Å². The van der Waals surface area contributed by atoms with Gasteiger partial charge in [-0.25, -0.2) is 4.98 Å². The van der Waals surface area contributed by atoms with E-state index in [9.17, 15) is 4.79 Å². The molecule has 0 bridgehead atoms. The summed E-state index contributed by atoms with van der Waals surface area (Å²) in [6.07, 6.45) is 3.67. The first-order valence-electron chi connectivity index (χ1n) is 7.51. The van der Waals surface area contributed by atoms with E-state index in [1.807, 2.05) is 22.6 Å². The van der Waals surface area contributed by atoms with Crippen molar-refractivity contribution in [3.8, 4) is 11.5 Å². The molecule has 6 nitrogen and oxygen atoms in total. The Bertz CT molecular complexity index is 923. The summed E-state index contributed by atoms with van der Waals surface area (Å²) in [5.74, 6) is 1.63. The lowest BCUT2D eigenvalue weighted by Gasteiger charge is -2.20. The molecule has 0 aliphatic carbocycles. The Kier molecular flexibility index (Phi) is 3.74. The molecule has 0 fully saturated rings. The van der Waals surface area contributed by atoms with Gasteiger partial charge in [-0.1, -0.05) is 17.7 Å². The van der Waals surface area contributed by atoms with Crippen molar-refractivity contribution in [1.29, 1.82) is 0 Å². The molecule has 1 aliphatic heterocycles. The number of rotatable bonds is 3. The predicted molar refractivity (Wildman–Crippen MR) is 90.0 cm³/mol. The summed E-state index contributed by atoms with van der Waals surface area (Å²) in [5.41, 5.74) is 1.54. The van der Waals surface area contributed by atoms with Crippen LogP contribution in [0.4, 0.5) is 5.82 Å². The maximum atomic E-state index is 12.4. The van der Waals surface area contributed by atoms with Crippen LogP contribution in [-0.2, 0) is 11.2 Å². The van der Waals surface area contributed by atoms with Gasteiger partial charge in [0.15, 0.2) is 11.5 Å². The highest BCUT2D eigenvalue weighted by atomic mass is 35.5. The molecule has 0 saturated carbocycles. The molecule has 0 saturated heterocycles. The molecule has 1 aromatic carbocycles. The second-order valence-electron chi connectivity index (χ2n) is 5.39. The fourth-order valence-corrected chi connectivity index (χ4v) is 2.98. The number of amides is 1. The molecule has 2 aromatic heterocycles. The maximum absolute atomic E-state index is 12.4. The fourth-order valence-electron chi connectivity index (χ4n) is 2.69. The zero-order valence-electron chi connectivity index (χ0n) is 12.7. The van der Waals surface area contributed by atoms with Gasteiger partial charge in [-0.2, -0.15) is 0 Å². The van der Waals surface area contributed by atoms with Crippen molar-refractivity contribution in [3.63, 3.8) is 0 Å². The van der Waals surface area contributed by atoms with Crippen molar-refractivity contribution in [2.75, 3.05) is 18.5 Å². The van der Waals surface area contributed by atoms with Crippen molar-refractivity contribution in [2.45, 2.75) is 6.42 Å². The predicted octanol–water partition coefficient (Wildman–Crippen LogP) is 2.94. The van der Waals surface area contributed by atoms with Gasteiger partial charge in [0, 0.05) is 12.4 Å². The first-order chi connectivity index (χ1) is 11.7. The third kappa shape index (κ3) is 2.76. The molecule has 3 aromatic rings. The van der Waals surface area contributed by atoms with Gasteiger partial charge in [0.25, 0.3) is 0 Å². The number of ether oxygens (including phenoxy) is 2. The highest BCUT2D eigenvalue weighted by Crippen LogP contribution is 2.38. The number of carbonyl (C=O) groups is 1. The third-order valence-corrected chi connectivity index (χ3v) is 4.00. The average Bonchev–Trinajstić information content (AvgIpc) is 3.04. The molecule has 4 rings (SSSR count). The maximum Gasteiger partial charge on any atom is 0.229 e.